The normalized spacial score (nSPS) is 35.2. The third-order valence-corrected chi connectivity index (χ3v) is 4.51. The molecule has 0 aromatic rings. The van der Waals surface area contributed by atoms with Gasteiger partial charge in [-0.05, 0) is 39.5 Å². The standard InChI is InChI=1S/C13H24N2S/c1-10-6-5-7-13(8-10)9-16-11(15-13)14-12(2,3)4/h10H,5-9H2,1-4H3,(H,14,15). The predicted octanol–water partition coefficient (Wildman–Crippen LogP) is 3.43. The van der Waals surface area contributed by atoms with Gasteiger partial charge >= 0.3 is 0 Å². The summed E-state index contributed by atoms with van der Waals surface area (Å²) in [5.41, 5.74) is 0.410. The first-order chi connectivity index (χ1) is 7.39. The summed E-state index contributed by atoms with van der Waals surface area (Å²) >= 11 is 1.92. The number of hydrogen-bond donors (Lipinski definition) is 1. The van der Waals surface area contributed by atoms with Crippen LogP contribution >= 0.6 is 11.8 Å². The van der Waals surface area contributed by atoms with Gasteiger partial charge in [0.25, 0.3) is 0 Å². The average molecular weight is 240 g/mol. The van der Waals surface area contributed by atoms with E-state index in [1.165, 1.54) is 36.6 Å². The largest absolute Gasteiger partial charge is 0.360 e. The van der Waals surface area contributed by atoms with Gasteiger partial charge in [0.05, 0.1) is 5.54 Å². The van der Waals surface area contributed by atoms with Gasteiger partial charge in [-0.3, -0.25) is 4.99 Å². The van der Waals surface area contributed by atoms with Crippen molar-refractivity contribution in [3.8, 4) is 0 Å². The van der Waals surface area contributed by atoms with Gasteiger partial charge in [0.15, 0.2) is 5.17 Å². The lowest BCUT2D eigenvalue weighted by molar-refractivity contribution is 0.265. The van der Waals surface area contributed by atoms with Crippen LogP contribution in [0.25, 0.3) is 0 Å². The minimum atomic E-state index is 0.137. The van der Waals surface area contributed by atoms with Crippen molar-refractivity contribution in [3.63, 3.8) is 0 Å². The summed E-state index contributed by atoms with van der Waals surface area (Å²) in [7, 11) is 0. The van der Waals surface area contributed by atoms with Crippen LogP contribution in [0.3, 0.4) is 0 Å². The Bertz CT molecular complexity index is 293. The third-order valence-electron chi connectivity index (χ3n) is 3.37. The van der Waals surface area contributed by atoms with E-state index in [1.807, 2.05) is 11.8 Å². The molecule has 1 spiro atoms. The fourth-order valence-corrected chi connectivity index (χ4v) is 4.10. The summed E-state index contributed by atoms with van der Waals surface area (Å²) in [6.07, 6.45) is 5.33. The molecule has 1 N–H and O–H groups in total. The van der Waals surface area contributed by atoms with Gasteiger partial charge < -0.3 is 5.32 Å². The molecule has 0 bridgehead atoms. The highest BCUT2D eigenvalue weighted by atomic mass is 32.2. The first-order valence-electron chi connectivity index (χ1n) is 6.39. The Balaban J connectivity index is 2.04. The van der Waals surface area contributed by atoms with E-state index in [0.717, 1.165) is 5.92 Å². The van der Waals surface area contributed by atoms with Crippen LogP contribution < -0.4 is 5.32 Å². The number of rotatable bonds is 0. The number of hydrogen-bond acceptors (Lipinski definition) is 3. The minimum Gasteiger partial charge on any atom is -0.360 e. The van der Waals surface area contributed by atoms with E-state index < -0.39 is 0 Å². The van der Waals surface area contributed by atoms with Crippen molar-refractivity contribution in [1.82, 2.24) is 5.32 Å². The van der Waals surface area contributed by atoms with Crippen molar-refractivity contribution in [2.24, 2.45) is 10.9 Å². The Kier molecular flexibility index (Phi) is 3.26. The van der Waals surface area contributed by atoms with E-state index >= 15 is 0 Å². The Hall–Kier alpha value is -0.180. The van der Waals surface area contributed by atoms with Gasteiger partial charge in [-0.25, -0.2) is 0 Å². The lowest BCUT2D eigenvalue weighted by Gasteiger charge is -2.33. The van der Waals surface area contributed by atoms with E-state index in [4.69, 9.17) is 4.99 Å². The molecule has 2 unspecified atom stereocenters. The lowest BCUT2D eigenvalue weighted by atomic mass is 9.78. The molecule has 1 saturated carbocycles. The summed E-state index contributed by atoms with van der Waals surface area (Å²) in [5.74, 6) is 2.04. The van der Waals surface area contributed by atoms with Crippen LogP contribution in [0.5, 0.6) is 0 Å². The summed E-state index contributed by atoms with van der Waals surface area (Å²) in [6, 6.07) is 0. The number of nitrogens with zero attached hydrogens (tertiary/aromatic N) is 1. The molecule has 2 rings (SSSR count). The van der Waals surface area contributed by atoms with E-state index in [9.17, 15) is 0 Å². The maximum absolute atomic E-state index is 4.98. The zero-order valence-corrected chi connectivity index (χ0v) is 11.8. The van der Waals surface area contributed by atoms with Crippen LogP contribution in [-0.4, -0.2) is 22.0 Å². The van der Waals surface area contributed by atoms with Crippen LogP contribution in [0.2, 0.25) is 0 Å². The maximum atomic E-state index is 4.98. The van der Waals surface area contributed by atoms with E-state index in [2.05, 4.69) is 33.0 Å². The molecular formula is C13H24N2S. The Morgan fingerprint density at radius 1 is 1.44 bits per heavy atom. The number of amidine groups is 1. The number of thioether (sulfide) groups is 1. The molecule has 1 fully saturated rings. The number of nitrogens with one attached hydrogen (secondary N) is 1. The second-order valence-electron chi connectivity index (χ2n) is 6.51. The molecule has 0 radical (unpaired) electrons. The highest BCUT2D eigenvalue weighted by Gasteiger charge is 2.39. The van der Waals surface area contributed by atoms with Crippen molar-refractivity contribution >= 4 is 16.9 Å². The maximum Gasteiger partial charge on any atom is 0.157 e. The van der Waals surface area contributed by atoms with Gasteiger partial charge in [0.2, 0.25) is 0 Å². The van der Waals surface area contributed by atoms with E-state index in [1.54, 1.807) is 0 Å². The van der Waals surface area contributed by atoms with Gasteiger partial charge in [-0.2, -0.15) is 0 Å². The molecule has 0 amide bonds. The minimum absolute atomic E-state index is 0.137. The topological polar surface area (TPSA) is 24.4 Å². The zero-order chi connectivity index (χ0) is 11.8. The van der Waals surface area contributed by atoms with E-state index in [-0.39, 0.29) is 11.1 Å². The molecule has 92 valence electrons. The van der Waals surface area contributed by atoms with Crippen molar-refractivity contribution in [2.75, 3.05) is 5.75 Å². The lowest BCUT2D eigenvalue weighted by Crippen LogP contribution is -2.39. The van der Waals surface area contributed by atoms with Crippen LogP contribution in [0, 0.1) is 5.92 Å². The third kappa shape index (κ3) is 2.93. The molecule has 2 atom stereocenters. The molecule has 2 aliphatic rings. The molecule has 3 heteroatoms. The van der Waals surface area contributed by atoms with Crippen molar-refractivity contribution in [2.45, 2.75) is 64.5 Å². The highest BCUT2D eigenvalue weighted by molar-refractivity contribution is 8.14. The van der Waals surface area contributed by atoms with Gasteiger partial charge in [0, 0.05) is 11.3 Å². The smallest absolute Gasteiger partial charge is 0.157 e. The van der Waals surface area contributed by atoms with Crippen LogP contribution in [-0.2, 0) is 0 Å². The molecule has 0 aromatic carbocycles. The molecular weight excluding hydrogens is 216 g/mol. The second kappa shape index (κ2) is 4.25. The molecule has 2 nitrogen and oxygen atoms in total. The van der Waals surface area contributed by atoms with Crippen molar-refractivity contribution in [1.29, 1.82) is 0 Å². The first kappa shape index (κ1) is 12.3. The average Bonchev–Trinajstić information content (AvgIpc) is 2.45. The van der Waals surface area contributed by atoms with Crippen LogP contribution in [0.15, 0.2) is 4.99 Å². The van der Waals surface area contributed by atoms with Gasteiger partial charge in [0.1, 0.15) is 0 Å². The Morgan fingerprint density at radius 2 is 2.19 bits per heavy atom. The molecule has 0 saturated heterocycles. The summed E-state index contributed by atoms with van der Waals surface area (Å²) in [6.45, 7) is 8.97. The number of aliphatic imine (C=N–C) groups is 1. The van der Waals surface area contributed by atoms with Crippen LogP contribution in [0.4, 0.5) is 0 Å². The fraction of sp³-hybridized carbons (Fsp3) is 0.923. The quantitative estimate of drug-likeness (QED) is 0.701. The zero-order valence-electron chi connectivity index (χ0n) is 11.0. The van der Waals surface area contributed by atoms with E-state index in [0.29, 0.717) is 0 Å². The van der Waals surface area contributed by atoms with Gasteiger partial charge in [-0.15, -0.1) is 0 Å². The molecule has 16 heavy (non-hydrogen) atoms. The van der Waals surface area contributed by atoms with Gasteiger partial charge in [-0.1, -0.05) is 31.5 Å². The van der Waals surface area contributed by atoms with Crippen molar-refractivity contribution in [3.05, 3.63) is 0 Å². The monoisotopic (exact) mass is 240 g/mol. The SMILES string of the molecule is CC1CCCC2(CSC(NC(C)(C)C)=N2)C1. The summed E-state index contributed by atoms with van der Waals surface area (Å²) < 4.78 is 0. The van der Waals surface area contributed by atoms with Crippen molar-refractivity contribution < 1.29 is 0 Å². The predicted molar refractivity (Wildman–Crippen MR) is 73.1 cm³/mol. The van der Waals surface area contributed by atoms with Crippen LogP contribution in [0.1, 0.15) is 53.4 Å². The summed E-state index contributed by atoms with van der Waals surface area (Å²) in [4.78, 5) is 4.98. The molecule has 1 aliphatic heterocycles. The Morgan fingerprint density at radius 3 is 2.81 bits per heavy atom. The Labute approximate surface area is 104 Å². The first-order valence-corrected chi connectivity index (χ1v) is 7.38. The summed E-state index contributed by atoms with van der Waals surface area (Å²) in [5, 5.41) is 4.69. The highest BCUT2D eigenvalue weighted by Crippen LogP contribution is 2.41. The molecule has 0 aromatic heterocycles. The fourth-order valence-electron chi connectivity index (χ4n) is 2.73. The molecule has 1 aliphatic carbocycles. The molecule has 1 heterocycles. The second-order valence-corrected chi connectivity index (χ2v) is 7.47.